The molecule has 2 N–H and O–H groups in total. The van der Waals surface area contributed by atoms with Gasteiger partial charge in [-0.25, -0.2) is 0 Å². The Balaban J connectivity index is 0.00000338. The largest absolute Gasteiger partial charge is 0.362 e. The van der Waals surface area contributed by atoms with E-state index in [9.17, 15) is 19.7 Å². The second kappa shape index (κ2) is 9.93. The average molecular weight is 386 g/mol. The maximum atomic E-state index is 12.1. The Morgan fingerprint density at radius 1 is 1.19 bits per heavy atom. The van der Waals surface area contributed by atoms with Gasteiger partial charge in [-0.2, -0.15) is 0 Å². The smallest absolute Gasteiger partial charge is 0.293 e. The van der Waals surface area contributed by atoms with Gasteiger partial charge in [0.05, 0.1) is 4.92 Å². The van der Waals surface area contributed by atoms with E-state index in [-0.39, 0.29) is 35.5 Å². The molecule has 1 fully saturated rings. The van der Waals surface area contributed by atoms with E-state index in [1.54, 1.807) is 24.1 Å². The average Bonchev–Trinajstić information content (AvgIpc) is 2.61. The van der Waals surface area contributed by atoms with Crippen LogP contribution in [0.5, 0.6) is 0 Å². The van der Waals surface area contributed by atoms with E-state index in [1.807, 2.05) is 4.90 Å². The van der Waals surface area contributed by atoms with Crippen molar-refractivity contribution in [3.8, 4) is 0 Å². The maximum absolute atomic E-state index is 12.1. The minimum Gasteiger partial charge on any atom is -0.362 e. The van der Waals surface area contributed by atoms with Crippen LogP contribution in [0.2, 0.25) is 0 Å². The zero-order valence-corrected chi connectivity index (χ0v) is 15.7. The van der Waals surface area contributed by atoms with E-state index < -0.39 is 4.92 Å². The van der Waals surface area contributed by atoms with Gasteiger partial charge in [0.2, 0.25) is 5.91 Å². The van der Waals surface area contributed by atoms with E-state index in [2.05, 4.69) is 10.6 Å². The van der Waals surface area contributed by atoms with Crippen LogP contribution >= 0.6 is 12.4 Å². The first kappa shape index (κ1) is 21.7. The second-order valence-corrected chi connectivity index (χ2v) is 5.81. The van der Waals surface area contributed by atoms with Crippen molar-refractivity contribution in [3.63, 3.8) is 0 Å². The minimum atomic E-state index is -0.475. The molecule has 0 aliphatic carbocycles. The van der Waals surface area contributed by atoms with E-state index in [0.717, 1.165) is 0 Å². The summed E-state index contributed by atoms with van der Waals surface area (Å²) in [4.78, 5) is 38.0. The molecule has 0 unspecified atom stereocenters. The van der Waals surface area contributed by atoms with Gasteiger partial charge in [-0.3, -0.25) is 19.7 Å². The normalized spacial score (nSPS) is 13.8. The summed E-state index contributed by atoms with van der Waals surface area (Å²) in [6.45, 7) is 4.67. The zero-order valence-electron chi connectivity index (χ0n) is 14.9. The molecule has 26 heavy (non-hydrogen) atoms. The Kier molecular flexibility index (Phi) is 8.27. The van der Waals surface area contributed by atoms with Gasteiger partial charge in [0.1, 0.15) is 5.69 Å². The number of nitro groups is 1. The number of amides is 2. The third-order valence-electron chi connectivity index (χ3n) is 4.16. The highest BCUT2D eigenvalue weighted by Gasteiger charge is 2.25. The van der Waals surface area contributed by atoms with Crippen molar-refractivity contribution in [1.82, 2.24) is 15.5 Å². The fraction of sp³-hybridized carbons (Fsp3) is 0.500. The van der Waals surface area contributed by atoms with Gasteiger partial charge in [0.15, 0.2) is 0 Å². The Bertz CT molecular complexity index is 662. The number of halogens is 1. The van der Waals surface area contributed by atoms with Crippen LogP contribution in [-0.2, 0) is 4.79 Å². The van der Waals surface area contributed by atoms with Crippen molar-refractivity contribution in [2.75, 3.05) is 51.2 Å². The van der Waals surface area contributed by atoms with Crippen LogP contribution in [0.1, 0.15) is 17.3 Å². The summed E-state index contributed by atoms with van der Waals surface area (Å²) in [6.07, 6.45) is 0. The highest BCUT2D eigenvalue weighted by Crippen LogP contribution is 2.30. The summed E-state index contributed by atoms with van der Waals surface area (Å²) in [5.41, 5.74) is 0.631. The number of anilines is 1. The molecule has 1 aromatic rings. The Hall–Kier alpha value is -2.39. The van der Waals surface area contributed by atoms with E-state index in [0.29, 0.717) is 45.0 Å². The highest BCUT2D eigenvalue weighted by molar-refractivity contribution is 5.95. The number of carbonyl (C=O) groups is 2. The number of piperazine rings is 1. The fourth-order valence-electron chi connectivity index (χ4n) is 2.74. The lowest BCUT2D eigenvalue weighted by Crippen LogP contribution is -2.48. The molecule has 0 bridgehead atoms. The third-order valence-corrected chi connectivity index (χ3v) is 4.16. The number of likely N-dealkylation sites (N-methyl/N-ethyl adjacent to an activating group) is 1. The first-order valence-electron chi connectivity index (χ1n) is 8.15. The van der Waals surface area contributed by atoms with Crippen LogP contribution in [-0.4, -0.2) is 68.0 Å². The van der Waals surface area contributed by atoms with Crippen molar-refractivity contribution in [2.24, 2.45) is 0 Å². The topological polar surface area (TPSA) is 108 Å². The number of benzene rings is 1. The molecule has 2 rings (SSSR count). The maximum Gasteiger partial charge on any atom is 0.293 e. The van der Waals surface area contributed by atoms with Crippen molar-refractivity contribution in [3.05, 3.63) is 33.9 Å². The third kappa shape index (κ3) is 5.30. The van der Waals surface area contributed by atoms with Gasteiger partial charge in [0.25, 0.3) is 11.6 Å². The van der Waals surface area contributed by atoms with Crippen LogP contribution in [0, 0.1) is 10.1 Å². The molecule has 1 heterocycles. The number of rotatable bonds is 6. The number of nitro benzene ring substituents is 1. The molecule has 0 atom stereocenters. The molecule has 0 spiro atoms. The summed E-state index contributed by atoms with van der Waals surface area (Å²) in [7, 11) is 1.78. The second-order valence-electron chi connectivity index (χ2n) is 5.81. The summed E-state index contributed by atoms with van der Waals surface area (Å²) >= 11 is 0. The molecule has 0 radical (unpaired) electrons. The monoisotopic (exact) mass is 385 g/mol. The summed E-state index contributed by atoms with van der Waals surface area (Å²) in [5, 5.41) is 17.1. The standard InChI is InChI=1S/C16H23N5O4.ClH/c1-12(22)19-7-9-20(10-8-19)14-4-3-13(11-15(14)21(24)25)16(23)18-6-5-17-2;/h3-4,11,17H,5-10H2,1-2H3,(H,18,23);1H. The predicted octanol–water partition coefficient (Wildman–Crippen LogP) is 0.634. The number of hydrogen-bond donors (Lipinski definition) is 2. The molecule has 1 aromatic carbocycles. The first-order valence-corrected chi connectivity index (χ1v) is 8.15. The van der Waals surface area contributed by atoms with Crippen molar-refractivity contribution >= 4 is 35.6 Å². The molecule has 0 saturated carbocycles. The van der Waals surface area contributed by atoms with Gasteiger partial charge >= 0.3 is 0 Å². The Morgan fingerprint density at radius 2 is 1.85 bits per heavy atom. The molecule has 2 amide bonds. The molecule has 0 aromatic heterocycles. The quantitative estimate of drug-likeness (QED) is 0.422. The molecular formula is C16H24ClN5O4. The molecular weight excluding hydrogens is 362 g/mol. The van der Waals surface area contributed by atoms with Crippen molar-refractivity contribution < 1.29 is 14.5 Å². The van der Waals surface area contributed by atoms with Crippen LogP contribution in [0.3, 0.4) is 0 Å². The van der Waals surface area contributed by atoms with Crippen LogP contribution in [0.15, 0.2) is 18.2 Å². The molecule has 144 valence electrons. The van der Waals surface area contributed by atoms with Gasteiger partial charge < -0.3 is 20.4 Å². The Labute approximate surface area is 158 Å². The van der Waals surface area contributed by atoms with Crippen LogP contribution < -0.4 is 15.5 Å². The van der Waals surface area contributed by atoms with E-state index >= 15 is 0 Å². The van der Waals surface area contributed by atoms with Crippen molar-refractivity contribution in [2.45, 2.75) is 6.92 Å². The number of hydrogen-bond acceptors (Lipinski definition) is 6. The lowest BCUT2D eigenvalue weighted by molar-refractivity contribution is -0.384. The fourth-order valence-corrected chi connectivity index (χ4v) is 2.74. The van der Waals surface area contributed by atoms with Gasteiger partial charge in [-0.05, 0) is 19.2 Å². The summed E-state index contributed by atoms with van der Waals surface area (Å²) in [6, 6.07) is 4.50. The number of carbonyl (C=O) groups excluding carboxylic acids is 2. The molecule has 10 heteroatoms. The van der Waals surface area contributed by atoms with Gasteiger partial charge in [0, 0.05) is 57.8 Å². The molecule has 9 nitrogen and oxygen atoms in total. The summed E-state index contributed by atoms with van der Waals surface area (Å²) in [5.74, 6) is -0.339. The predicted molar refractivity (Wildman–Crippen MR) is 101 cm³/mol. The van der Waals surface area contributed by atoms with Gasteiger partial charge in [-0.1, -0.05) is 0 Å². The molecule has 1 aliphatic heterocycles. The van der Waals surface area contributed by atoms with Crippen LogP contribution in [0.25, 0.3) is 0 Å². The van der Waals surface area contributed by atoms with E-state index in [4.69, 9.17) is 0 Å². The van der Waals surface area contributed by atoms with Gasteiger partial charge in [-0.15, -0.1) is 12.4 Å². The molecule has 1 aliphatic rings. The minimum absolute atomic E-state index is 0. The Morgan fingerprint density at radius 3 is 2.38 bits per heavy atom. The highest BCUT2D eigenvalue weighted by atomic mass is 35.5. The lowest BCUT2D eigenvalue weighted by Gasteiger charge is -2.35. The van der Waals surface area contributed by atoms with Crippen LogP contribution in [0.4, 0.5) is 11.4 Å². The SMILES string of the molecule is CNCCNC(=O)c1ccc(N2CCN(C(C)=O)CC2)c([N+](=O)[O-])c1.Cl. The van der Waals surface area contributed by atoms with Crippen molar-refractivity contribution in [1.29, 1.82) is 0 Å². The zero-order chi connectivity index (χ0) is 18.4. The molecule has 1 saturated heterocycles. The number of nitrogens with zero attached hydrogens (tertiary/aromatic N) is 3. The summed E-state index contributed by atoms with van der Waals surface area (Å²) < 4.78 is 0. The van der Waals surface area contributed by atoms with E-state index in [1.165, 1.54) is 13.0 Å². The lowest BCUT2D eigenvalue weighted by atomic mass is 10.1. The number of nitrogens with one attached hydrogen (secondary N) is 2. The first-order chi connectivity index (χ1) is 11.9.